The molecule has 0 saturated heterocycles. The first-order chi connectivity index (χ1) is 14.4. The Morgan fingerprint density at radius 2 is 1.73 bits per heavy atom. The highest BCUT2D eigenvalue weighted by atomic mass is 32.2. The number of carboxylic acids is 1. The van der Waals surface area contributed by atoms with E-state index in [1.165, 1.54) is 35.3 Å². The molecule has 10 heteroatoms. The quantitative estimate of drug-likeness (QED) is 0.490. The lowest BCUT2D eigenvalue weighted by Crippen LogP contribution is -2.16. The third-order valence-electron chi connectivity index (χ3n) is 4.34. The Balaban J connectivity index is 1.74. The van der Waals surface area contributed by atoms with Crippen molar-refractivity contribution in [1.82, 2.24) is 20.2 Å². The Hall–Kier alpha value is -4.05. The number of tetrazole rings is 1. The maximum Gasteiger partial charge on any atom is 0.337 e. The predicted octanol–water partition coefficient (Wildman–Crippen LogP) is 2.83. The first kappa shape index (κ1) is 19.3. The lowest BCUT2D eigenvalue weighted by molar-refractivity contribution is 0.0698. The van der Waals surface area contributed by atoms with Crippen LogP contribution in [0.5, 0.6) is 0 Å². The number of hydrogen-bond donors (Lipinski definition) is 2. The Morgan fingerprint density at radius 1 is 0.933 bits per heavy atom. The fraction of sp³-hybridized carbons (Fsp3) is 0. The maximum absolute atomic E-state index is 13.0. The highest BCUT2D eigenvalue weighted by Crippen LogP contribution is 2.28. The zero-order chi connectivity index (χ0) is 21.1. The molecular formula is C20H15N5O4S. The van der Waals surface area contributed by atoms with Crippen LogP contribution in [0.1, 0.15) is 10.4 Å². The molecule has 0 saturated carbocycles. The van der Waals surface area contributed by atoms with Crippen LogP contribution in [0.15, 0.2) is 84.0 Å². The molecule has 30 heavy (non-hydrogen) atoms. The Kier molecular flexibility index (Phi) is 4.98. The van der Waals surface area contributed by atoms with Crippen LogP contribution < -0.4 is 4.72 Å². The van der Waals surface area contributed by atoms with Crippen molar-refractivity contribution in [2.24, 2.45) is 0 Å². The van der Waals surface area contributed by atoms with Crippen LogP contribution in [0.4, 0.5) is 5.69 Å². The Bertz CT molecular complexity index is 1310. The second kappa shape index (κ2) is 7.76. The summed E-state index contributed by atoms with van der Waals surface area (Å²) in [6.07, 6.45) is 1.34. The molecule has 9 nitrogen and oxygen atoms in total. The minimum atomic E-state index is -4.08. The molecule has 0 aliphatic heterocycles. The molecule has 0 atom stereocenters. The molecule has 0 fully saturated rings. The van der Waals surface area contributed by atoms with Gasteiger partial charge in [0.05, 0.1) is 21.8 Å². The molecule has 0 unspecified atom stereocenters. The van der Waals surface area contributed by atoms with E-state index in [4.69, 9.17) is 0 Å². The smallest absolute Gasteiger partial charge is 0.337 e. The van der Waals surface area contributed by atoms with E-state index in [0.29, 0.717) is 11.3 Å². The fourth-order valence-electron chi connectivity index (χ4n) is 2.90. The number of aromatic carboxylic acids is 1. The molecule has 0 amide bonds. The summed E-state index contributed by atoms with van der Waals surface area (Å²) >= 11 is 0. The van der Waals surface area contributed by atoms with E-state index in [1.807, 2.05) is 30.3 Å². The summed E-state index contributed by atoms with van der Waals surface area (Å²) in [7, 11) is -4.08. The van der Waals surface area contributed by atoms with Crippen molar-refractivity contribution in [3.8, 4) is 16.8 Å². The van der Waals surface area contributed by atoms with Crippen molar-refractivity contribution >= 4 is 21.7 Å². The molecule has 0 spiro atoms. The average Bonchev–Trinajstić information content (AvgIpc) is 3.29. The molecule has 0 aliphatic rings. The molecule has 1 heterocycles. The van der Waals surface area contributed by atoms with Gasteiger partial charge in [-0.25, -0.2) is 17.9 Å². The lowest BCUT2D eigenvalue weighted by atomic mass is 10.0. The number of anilines is 1. The van der Waals surface area contributed by atoms with E-state index in [1.54, 1.807) is 18.2 Å². The first-order valence-electron chi connectivity index (χ1n) is 8.73. The zero-order valence-corrected chi connectivity index (χ0v) is 16.2. The van der Waals surface area contributed by atoms with Crippen molar-refractivity contribution in [1.29, 1.82) is 0 Å². The van der Waals surface area contributed by atoms with Crippen LogP contribution in [0.3, 0.4) is 0 Å². The highest BCUT2D eigenvalue weighted by molar-refractivity contribution is 7.92. The molecule has 1 aromatic heterocycles. The van der Waals surface area contributed by atoms with E-state index in [2.05, 4.69) is 20.2 Å². The van der Waals surface area contributed by atoms with Gasteiger partial charge < -0.3 is 5.11 Å². The standard InChI is InChI=1S/C20H15N5O4S/c26-20(27)18-10-9-15(14-5-2-1-3-6-14)11-19(18)22-30(28,29)17-8-4-7-16(12-17)25-13-21-23-24-25/h1-13,22H,(H,26,27). The third kappa shape index (κ3) is 3.89. The molecule has 4 aromatic rings. The third-order valence-corrected chi connectivity index (χ3v) is 5.71. The van der Waals surface area contributed by atoms with Crippen molar-refractivity contribution < 1.29 is 18.3 Å². The molecule has 0 radical (unpaired) electrons. The normalized spacial score (nSPS) is 11.2. The SMILES string of the molecule is O=C(O)c1ccc(-c2ccccc2)cc1NS(=O)(=O)c1cccc(-n2cnnn2)c1. The second-order valence-electron chi connectivity index (χ2n) is 6.29. The van der Waals surface area contributed by atoms with Crippen molar-refractivity contribution in [2.45, 2.75) is 4.90 Å². The molecule has 2 N–H and O–H groups in total. The topological polar surface area (TPSA) is 127 Å². The number of carboxylic acid groups (broad SMARTS) is 1. The van der Waals surface area contributed by atoms with Gasteiger partial charge >= 0.3 is 5.97 Å². The first-order valence-corrected chi connectivity index (χ1v) is 10.2. The molecule has 150 valence electrons. The van der Waals surface area contributed by atoms with Gasteiger partial charge in [0.1, 0.15) is 6.33 Å². The summed E-state index contributed by atoms with van der Waals surface area (Å²) < 4.78 is 29.7. The van der Waals surface area contributed by atoms with E-state index < -0.39 is 16.0 Å². The predicted molar refractivity (Wildman–Crippen MR) is 109 cm³/mol. The number of rotatable bonds is 6. The van der Waals surface area contributed by atoms with Gasteiger partial charge in [-0.3, -0.25) is 4.72 Å². The van der Waals surface area contributed by atoms with E-state index in [0.717, 1.165) is 5.56 Å². The molecule has 4 rings (SSSR count). The van der Waals surface area contributed by atoms with E-state index in [-0.39, 0.29) is 16.1 Å². The van der Waals surface area contributed by atoms with E-state index in [9.17, 15) is 18.3 Å². The maximum atomic E-state index is 13.0. The van der Waals surface area contributed by atoms with Crippen LogP contribution in [-0.2, 0) is 10.0 Å². The van der Waals surface area contributed by atoms with Gasteiger partial charge in [-0.1, -0.05) is 42.5 Å². The number of nitrogens with one attached hydrogen (secondary N) is 1. The van der Waals surface area contributed by atoms with E-state index >= 15 is 0 Å². The van der Waals surface area contributed by atoms with Gasteiger partial charge in [0.2, 0.25) is 0 Å². The Labute approximate surface area is 171 Å². The minimum absolute atomic E-state index is 0.0309. The van der Waals surface area contributed by atoms with Crippen LogP contribution in [0.2, 0.25) is 0 Å². The molecule has 0 bridgehead atoms. The van der Waals surface area contributed by atoms with Gasteiger partial charge in [0.25, 0.3) is 10.0 Å². The Morgan fingerprint density at radius 3 is 2.43 bits per heavy atom. The van der Waals surface area contributed by atoms with Crippen molar-refractivity contribution in [2.75, 3.05) is 4.72 Å². The number of hydrogen-bond acceptors (Lipinski definition) is 6. The van der Waals surface area contributed by atoms with Gasteiger partial charge in [0, 0.05) is 0 Å². The number of sulfonamides is 1. The summed E-state index contributed by atoms with van der Waals surface area (Å²) in [5, 5.41) is 20.3. The lowest BCUT2D eigenvalue weighted by Gasteiger charge is -2.13. The zero-order valence-electron chi connectivity index (χ0n) is 15.4. The van der Waals surface area contributed by atoms with Crippen LogP contribution >= 0.6 is 0 Å². The summed E-state index contributed by atoms with van der Waals surface area (Å²) in [5.74, 6) is -1.24. The van der Waals surface area contributed by atoms with Gasteiger partial charge in [0.15, 0.2) is 0 Å². The largest absolute Gasteiger partial charge is 0.478 e. The van der Waals surface area contributed by atoms with Crippen molar-refractivity contribution in [3.05, 3.63) is 84.7 Å². The molecule has 0 aliphatic carbocycles. The van der Waals surface area contributed by atoms with Gasteiger partial charge in [-0.05, 0) is 51.9 Å². The highest BCUT2D eigenvalue weighted by Gasteiger charge is 2.20. The number of nitrogens with zero attached hydrogens (tertiary/aromatic N) is 4. The summed E-state index contributed by atoms with van der Waals surface area (Å²) in [4.78, 5) is 11.6. The summed E-state index contributed by atoms with van der Waals surface area (Å²) in [5.41, 5.74) is 1.77. The number of carbonyl (C=O) groups is 1. The monoisotopic (exact) mass is 421 g/mol. The molecular weight excluding hydrogens is 406 g/mol. The second-order valence-corrected chi connectivity index (χ2v) is 7.97. The summed E-state index contributed by atoms with van der Waals surface area (Å²) in [6.45, 7) is 0. The fourth-order valence-corrected chi connectivity index (χ4v) is 4.01. The minimum Gasteiger partial charge on any atom is -0.478 e. The van der Waals surface area contributed by atoms with Crippen LogP contribution in [-0.4, -0.2) is 39.7 Å². The average molecular weight is 421 g/mol. The number of aromatic nitrogens is 4. The molecule has 3 aromatic carbocycles. The number of benzene rings is 3. The summed E-state index contributed by atoms with van der Waals surface area (Å²) in [6, 6.07) is 19.7. The van der Waals surface area contributed by atoms with Gasteiger partial charge in [-0.2, -0.15) is 0 Å². The van der Waals surface area contributed by atoms with Gasteiger partial charge in [-0.15, -0.1) is 5.10 Å². The van der Waals surface area contributed by atoms with Crippen LogP contribution in [0, 0.1) is 0 Å². The van der Waals surface area contributed by atoms with Crippen molar-refractivity contribution in [3.63, 3.8) is 0 Å². The van der Waals surface area contributed by atoms with Crippen LogP contribution in [0.25, 0.3) is 16.8 Å².